The van der Waals surface area contributed by atoms with Crippen molar-refractivity contribution in [3.05, 3.63) is 107 Å². The fourth-order valence-electron chi connectivity index (χ4n) is 4.74. The Labute approximate surface area is 194 Å². The van der Waals surface area contributed by atoms with Gasteiger partial charge in [0.05, 0.1) is 0 Å². The zero-order valence-electron chi connectivity index (χ0n) is 19.1. The maximum absolute atomic E-state index is 13.6. The molecular weight excluding hydrogens is 418 g/mol. The third-order valence-corrected chi connectivity index (χ3v) is 6.47. The van der Waals surface area contributed by atoms with Gasteiger partial charge >= 0.3 is 0 Å². The second-order valence-corrected chi connectivity index (χ2v) is 9.16. The van der Waals surface area contributed by atoms with Crippen molar-refractivity contribution in [3.8, 4) is 0 Å². The second kappa shape index (κ2) is 10.3. The Morgan fingerprint density at radius 1 is 0.909 bits per heavy atom. The Hall–Kier alpha value is -3.05. The molecule has 3 nitrogen and oxygen atoms in total. The smallest absolute Gasteiger partial charge is 0.254 e. The van der Waals surface area contributed by atoms with Gasteiger partial charge in [-0.05, 0) is 67.3 Å². The van der Waals surface area contributed by atoms with Gasteiger partial charge < -0.3 is 4.90 Å². The lowest BCUT2D eigenvalue weighted by molar-refractivity contribution is 0.0668. The molecule has 0 aliphatic carbocycles. The first-order valence-electron chi connectivity index (χ1n) is 11.5. The van der Waals surface area contributed by atoms with Crippen molar-refractivity contribution < 1.29 is 13.6 Å². The normalized spacial score (nSPS) is 18.6. The number of amides is 1. The van der Waals surface area contributed by atoms with Crippen LogP contribution in [0.2, 0.25) is 0 Å². The van der Waals surface area contributed by atoms with E-state index in [1.165, 1.54) is 29.8 Å². The molecule has 1 aliphatic heterocycles. The van der Waals surface area contributed by atoms with Crippen LogP contribution in [0.3, 0.4) is 0 Å². The highest BCUT2D eigenvalue weighted by atomic mass is 19.1. The summed E-state index contributed by atoms with van der Waals surface area (Å²) in [6, 6.07) is 22.8. The van der Waals surface area contributed by atoms with Crippen LogP contribution in [0.15, 0.2) is 78.9 Å². The average molecular weight is 449 g/mol. The number of likely N-dealkylation sites (tertiary alicyclic amines) is 1. The minimum Gasteiger partial charge on any atom is -0.336 e. The minimum absolute atomic E-state index is 0.000376. The molecule has 0 spiro atoms. The third-order valence-electron chi connectivity index (χ3n) is 6.47. The summed E-state index contributed by atoms with van der Waals surface area (Å²) in [6.07, 6.45) is 0. The molecule has 1 heterocycles. The predicted octanol–water partition coefficient (Wildman–Crippen LogP) is 5.73. The van der Waals surface area contributed by atoms with Gasteiger partial charge in [-0.15, -0.1) is 0 Å². The first-order chi connectivity index (χ1) is 15.9. The first-order valence-corrected chi connectivity index (χ1v) is 11.5. The summed E-state index contributed by atoms with van der Waals surface area (Å²) >= 11 is 0. The molecule has 172 valence electrons. The van der Waals surface area contributed by atoms with Gasteiger partial charge in [-0.1, -0.05) is 42.5 Å². The van der Waals surface area contributed by atoms with Crippen molar-refractivity contribution >= 4 is 5.91 Å². The molecule has 5 heteroatoms. The van der Waals surface area contributed by atoms with Crippen LogP contribution in [0.25, 0.3) is 0 Å². The maximum Gasteiger partial charge on any atom is 0.254 e. The molecule has 3 aromatic carbocycles. The lowest BCUT2D eigenvalue weighted by atomic mass is 9.88. The molecule has 1 amide bonds. The summed E-state index contributed by atoms with van der Waals surface area (Å²) in [7, 11) is 0. The minimum atomic E-state index is -0.355. The van der Waals surface area contributed by atoms with Gasteiger partial charge in [-0.3, -0.25) is 9.69 Å². The highest BCUT2D eigenvalue weighted by molar-refractivity contribution is 5.94. The number of hydrogen-bond donors (Lipinski definition) is 0. The van der Waals surface area contributed by atoms with E-state index >= 15 is 0 Å². The van der Waals surface area contributed by atoms with Crippen molar-refractivity contribution in [1.82, 2.24) is 9.80 Å². The summed E-state index contributed by atoms with van der Waals surface area (Å²) in [5.41, 5.74) is 2.83. The quantitative estimate of drug-likeness (QED) is 0.461. The van der Waals surface area contributed by atoms with E-state index in [2.05, 4.69) is 17.0 Å². The standard InChI is InChI=1S/C28H30F2N2O/c1-20(2)32(28(33)23-10-14-26(30)15-11-23)18-24-17-31(16-21-6-4-3-5-7-21)19-27(24)22-8-12-25(29)13-9-22/h3-15,20,24,27H,16-19H2,1-2H3. The van der Waals surface area contributed by atoms with Gasteiger partial charge in [-0.25, -0.2) is 8.78 Å². The van der Waals surface area contributed by atoms with E-state index < -0.39 is 0 Å². The molecule has 1 aliphatic rings. The fourth-order valence-corrected chi connectivity index (χ4v) is 4.74. The fraction of sp³-hybridized carbons (Fsp3) is 0.321. The predicted molar refractivity (Wildman–Crippen MR) is 127 cm³/mol. The van der Waals surface area contributed by atoms with Crippen molar-refractivity contribution in [2.75, 3.05) is 19.6 Å². The Morgan fingerprint density at radius 2 is 1.52 bits per heavy atom. The number of nitrogens with zero attached hydrogens (tertiary/aromatic N) is 2. The van der Waals surface area contributed by atoms with Gasteiger partial charge in [0, 0.05) is 43.7 Å². The van der Waals surface area contributed by atoms with Crippen LogP contribution in [-0.2, 0) is 6.54 Å². The topological polar surface area (TPSA) is 23.6 Å². The van der Waals surface area contributed by atoms with Crippen LogP contribution in [-0.4, -0.2) is 41.4 Å². The number of carbonyl (C=O) groups excluding carboxylic acids is 1. The molecule has 0 aromatic heterocycles. The Morgan fingerprint density at radius 3 is 2.12 bits per heavy atom. The highest BCUT2D eigenvalue weighted by Crippen LogP contribution is 2.35. The van der Waals surface area contributed by atoms with Crippen LogP contribution >= 0.6 is 0 Å². The van der Waals surface area contributed by atoms with Gasteiger partial charge in [0.15, 0.2) is 0 Å². The first kappa shape index (κ1) is 23.1. The second-order valence-electron chi connectivity index (χ2n) is 9.16. The largest absolute Gasteiger partial charge is 0.336 e. The molecule has 2 atom stereocenters. The van der Waals surface area contributed by atoms with Crippen LogP contribution in [0.5, 0.6) is 0 Å². The summed E-state index contributed by atoms with van der Waals surface area (Å²) in [6.45, 7) is 7.12. The van der Waals surface area contributed by atoms with E-state index in [-0.39, 0.29) is 35.4 Å². The summed E-state index contributed by atoms with van der Waals surface area (Å²) in [4.78, 5) is 17.6. The molecule has 1 saturated heterocycles. The van der Waals surface area contributed by atoms with Crippen molar-refractivity contribution in [2.24, 2.45) is 5.92 Å². The van der Waals surface area contributed by atoms with E-state index in [9.17, 15) is 13.6 Å². The number of carbonyl (C=O) groups is 1. The van der Waals surface area contributed by atoms with Gasteiger partial charge in [0.25, 0.3) is 5.91 Å². The monoisotopic (exact) mass is 448 g/mol. The van der Waals surface area contributed by atoms with E-state index in [1.807, 2.05) is 49.1 Å². The maximum atomic E-state index is 13.6. The third kappa shape index (κ3) is 5.66. The molecule has 0 bridgehead atoms. The highest BCUT2D eigenvalue weighted by Gasteiger charge is 2.36. The van der Waals surface area contributed by atoms with Crippen molar-refractivity contribution in [3.63, 3.8) is 0 Å². The van der Waals surface area contributed by atoms with Crippen LogP contribution in [0, 0.1) is 17.6 Å². The number of rotatable bonds is 7. The zero-order chi connectivity index (χ0) is 23.4. The summed E-state index contributed by atoms with van der Waals surface area (Å²) in [5, 5.41) is 0. The average Bonchev–Trinajstić information content (AvgIpc) is 3.20. The molecule has 33 heavy (non-hydrogen) atoms. The number of hydrogen-bond acceptors (Lipinski definition) is 2. The number of benzene rings is 3. The molecule has 0 radical (unpaired) electrons. The summed E-state index contributed by atoms with van der Waals surface area (Å²) < 4.78 is 27.0. The molecule has 1 fully saturated rings. The molecule has 0 N–H and O–H groups in total. The molecular formula is C28H30F2N2O. The lowest BCUT2D eigenvalue weighted by Crippen LogP contribution is -2.42. The number of halogens is 2. The lowest BCUT2D eigenvalue weighted by Gasteiger charge is -2.32. The van der Waals surface area contributed by atoms with E-state index in [0.717, 1.165) is 25.2 Å². The zero-order valence-corrected chi connectivity index (χ0v) is 19.1. The van der Waals surface area contributed by atoms with Crippen LogP contribution in [0.4, 0.5) is 8.78 Å². The van der Waals surface area contributed by atoms with Crippen molar-refractivity contribution in [2.45, 2.75) is 32.4 Å². The Balaban J connectivity index is 1.57. The molecule has 4 rings (SSSR count). The van der Waals surface area contributed by atoms with Gasteiger partial charge in [-0.2, -0.15) is 0 Å². The Kier molecular flexibility index (Phi) is 7.19. The van der Waals surface area contributed by atoms with E-state index in [1.54, 1.807) is 12.1 Å². The molecule has 2 unspecified atom stereocenters. The Bertz CT molecular complexity index is 1050. The summed E-state index contributed by atoms with van der Waals surface area (Å²) in [5.74, 6) is -0.303. The van der Waals surface area contributed by atoms with Gasteiger partial charge in [0.1, 0.15) is 11.6 Å². The molecule has 3 aromatic rings. The van der Waals surface area contributed by atoms with Crippen molar-refractivity contribution in [1.29, 1.82) is 0 Å². The van der Waals surface area contributed by atoms with Gasteiger partial charge in [0.2, 0.25) is 0 Å². The van der Waals surface area contributed by atoms with E-state index in [0.29, 0.717) is 12.1 Å². The van der Waals surface area contributed by atoms with E-state index in [4.69, 9.17) is 0 Å². The van der Waals surface area contributed by atoms with Crippen LogP contribution < -0.4 is 0 Å². The van der Waals surface area contributed by atoms with Crippen LogP contribution in [0.1, 0.15) is 41.3 Å². The SMILES string of the molecule is CC(C)N(CC1CN(Cc2ccccc2)CC1c1ccc(F)cc1)C(=O)c1ccc(F)cc1. The molecule has 0 saturated carbocycles.